The minimum atomic E-state index is 0.807. The largest absolute Gasteiger partial charge is 0.238 e. The van der Waals surface area contributed by atoms with Crippen LogP contribution in [0.15, 0.2) is 24.2 Å². The smallest absolute Gasteiger partial charge is 0.184 e. The maximum atomic E-state index is 4.13. The number of hydrogen-bond donors (Lipinski definition) is 0. The van der Waals surface area contributed by atoms with E-state index in [2.05, 4.69) is 31.1 Å². The molecule has 0 aromatic carbocycles. The topological polar surface area (TPSA) is 38.7 Å². The van der Waals surface area contributed by atoms with Crippen LogP contribution in [0, 0.1) is 0 Å². The molecule has 2 heterocycles. The lowest BCUT2D eigenvalue weighted by atomic mass is 11.0. The molecule has 0 unspecified atom stereocenters. The molecule has 0 fully saturated rings. The highest BCUT2D eigenvalue weighted by molar-refractivity contribution is 9.11. The summed E-state index contributed by atoms with van der Waals surface area (Å²) < 4.78 is 2.72. The molecular weight excluding hydrogens is 278 g/mol. The van der Waals surface area contributed by atoms with Gasteiger partial charge in [0.15, 0.2) is 12.6 Å². The van der Waals surface area contributed by atoms with Gasteiger partial charge in [-0.25, -0.2) is 4.98 Å². The average Bonchev–Trinajstić information content (AvgIpc) is 2.63. The summed E-state index contributed by atoms with van der Waals surface area (Å²) >= 11 is 7.90. The summed E-state index contributed by atoms with van der Waals surface area (Å²) in [6.07, 6.45) is 1.78. The summed E-state index contributed by atoms with van der Waals surface area (Å²) in [5.41, 5.74) is 0. The van der Waals surface area contributed by atoms with Crippen LogP contribution in [0.1, 0.15) is 0 Å². The summed E-state index contributed by atoms with van der Waals surface area (Å²) in [6, 6.07) is 0. The third-order valence-corrected chi connectivity index (χ3v) is 4.26. The van der Waals surface area contributed by atoms with Crippen molar-refractivity contribution in [3.8, 4) is 0 Å². The highest BCUT2D eigenvalue weighted by Crippen LogP contribution is 2.32. The van der Waals surface area contributed by atoms with E-state index in [4.69, 9.17) is 0 Å². The first-order valence-electron chi connectivity index (χ1n) is 2.91. The second-order valence-corrected chi connectivity index (χ2v) is 6.36. The van der Waals surface area contributed by atoms with E-state index in [1.807, 2.05) is 5.38 Å². The van der Waals surface area contributed by atoms with Gasteiger partial charge in [0.05, 0.1) is 0 Å². The summed E-state index contributed by atoms with van der Waals surface area (Å²) in [5, 5.41) is 9.72. The summed E-state index contributed by atoms with van der Waals surface area (Å²) in [6.45, 7) is 0. The Morgan fingerprint density at radius 2 is 2.25 bits per heavy atom. The van der Waals surface area contributed by atoms with Crippen LogP contribution in [-0.2, 0) is 0 Å². The quantitative estimate of drug-likeness (QED) is 0.847. The van der Waals surface area contributed by atoms with Crippen molar-refractivity contribution in [2.24, 2.45) is 0 Å². The first kappa shape index (κ1) is 8.61. The highest BCUT2D eigenvalue weighted by Gasteiger charge is 2.04. The van der Waals surface area contributed by atoms with E-state index in [0.717, 1.165) is 12.6 Å². The fourth-order valence-corrected chi connectivity index (χ4v) is 3.84. The van der Waals surface area contributed by atoms with Gasteiger partial charge in [0, 0.05) is 11.6 Å². The van der Waals surface area contributed by atoms with Gasteiger partial charge in [-0.3, -0.25) is 0 Å². The van der Waals surface area contributed by atoms with Crippen LogP contribution in [0.2, 0.25) is 0 Å². The van der Waals surface area contributed by atoms with Gasteiger partial charge in [0.2, 0.25) is 0 Å². The molecule has 0 aliphatic rings. The molecule has 0 bridgehead atoms. The molecular formula is C5H2BrN3S3. The fourth-order valence-electron chi connectivity index (χ4n) is 0.570. The van der Waals surface area contributed by atoms with Crippen LogP contribution < -0.4 is 0 Å². The standard InChI is InChI=1S/C5H2BrN3S3/c6-3-8-9-5(11-3)12-4-7-1-2-10-4/h1-2H. The minimum Gasteiger partial charge on any atom is -0.238 e. The molecule has 3 nitrogen and oxygen atoms in total. The van der Waals surface area contributed by atoms with E-state index in [1.54, 1.807) is 17.5 Å². The zero-order valence-electron chi connectivity index (χ0n) is 5.60. The number of nitrogens with zero attached hydrogens (tertiary/aromatic N) is 3. The second-order valence-electron chi connectivity index (χ2n) is 1.72. The number of halogens is 1. The summed E-state index contributed by atoms with van der Waals surface area (Å²) in [5.74, 6) is 0. The van der Waals surface area contributed by atoms with Gasteiger partial charge in [-0.1, -0.05) is 11.3 Å². The van der Waals surface area contributed by atoms with Crippen LogP contribution in [0.4, 0.5) is 0 Å². The first-order valence-corrected chi connectivity index (χ1v) is 6.21. The van der Waals surface area contributed by atoms with E-state index in [-0.39, 0.29) is 0 Å². The van der Waals surface area contributed by atoms with Crippen molar-refractivity contribution < 1.29 is 0 Å². The van der Waals surface area contributed by atoms with Gasteiger partial charge in [-0.15, -0.1) is 21.5 Å². The van der Waals surface area contributed by atoms with Gasteiger partial charge >= 0.3 is 0 Å². The number of thiazole rings is 1. The number of hydrogen-bond acceptors (Lipinski definition) is 6. The van der Waals surface area contributed by atoms with Crippen LogP contribution in [0.5, 0.6) is 0 Å². The molecule has 12 heavy (non-hydrogen) atoms. The Bertz CT molecular complexity index is 358. The average molecular weight is 280 g/mol. The predicted octanol–water partition coefficient (Wildman–Crippen LogP) is 2.91. The van der Waals surface area contributed by atoms with Gasteiger partial charge < -0.3 is 0 Å². The third-order valence-electron chi connectivity index (χ3n) is 0.966. The normalized spacial score (nSPS) is 10.4. The molecule has 0 N–H and O–H groups in total. The van der Waals surface area contributed by atoms with E-state index < -0.39 is 0 Å². The van der Waals surface area contributed by atoms with Crippen LogP contribution >= 0.6 is 50.4 Å². The van der Waals surface area contributed by atoms with Crippen molar-refractivity contribution in [1.82, 2.24) is 15.2 Å². The fraction of sp³-hybridized carbons (Fsp3) is 0. The molecule has 0 spiro atoms. The van der Waals surface area contributed by atoms with E-state index in [0.29, 0.717) is 0 Å². The van der Waals surface area contributed by atoms with E-state index in [1.165, 1.54) is 23.1 Å². The molecule has 2 aromatic heterocycles. The van der Waals surface area contributed by atoms with Crippen molar-refractivity contribution in [2.75, 3.05) is 0 Å². The van der Waals surface area contributed by atoms with Gasteiger partial charge in [-0.2, -0.15) is 0 Å². The lowest BCUT2D eigenvalue weighted by Crippen LogP contribution is -1.69. The van der Waals surface area contributed by atoms with Crippen molar-refractivity contribution in [3.63, 3.8) is 0 Å². The van der Waals surface area contributed by atoms with E-state index >= 15 is 0 Å². The Balaban J connectivity index is 2.14. The lowest BCUT2D eigenvalue weighted by Gasteiger charge is -1.85. The molecule has 0 aliphatic carbocycles. The molecule has 2 rings (SSSR count). The van der Waals surface area contributed by atoms with Crippen molar-refractivity contribution in [2.45, 2.75) is 8.68 Å². The Hall–Kier alpha value is 0.0200. The van der Waals surface area contributed by atoms with Crippen LogP contribution in [0.3, 0.4) is 0 Å². The Morgan fingerprint density at radius 3 is 2.83 bits per heavy atom. The maximum Gasteiger partial charge on any atom is 0.184 e. The van der Waals surface area contributed by atoms with Gasteiger partial charge in [0.25, 0.3) is 0 Å². The zero-order valence-corrected chi connectivity index (χ0v) is 9.63. The summed E-state index contributed by atoms with van der Waals surface area (Å²) in [4.78, 5) is 4.13. The maximum absolute atomic E-state index is 4.13. The van der Waals surface area contributed by atoms with Crippen LogP contribution in [-0.4, -0.2) is 15.2 Å². The van der Waals surface area contributed by atoms with Crippen LogP contribution in [0.25, 0.3) is 0 Å². The monoisotopic (exact) mass is 279 g/mol. The lowest BCUT2D eigenvalue weighted by molar-refractivity contribution is 0.996. The van der Waals surface area contributed by atoms with Gasteiger partial charge in [0.1, 0.15) is 0 Å². The molecule has 2 aromatic rings. The molecule has 0 amide bonds. The molecule has 0 saturated carbocycles. The molecule has 7 heteroatoms. The molecule has 0 atom stereocenters. The Kier molecular flexibility index (Phi) is 2.74. The highest BCUT2D eigenvalue weighted by atomic mass is 79.9. The number of aromatic nitrogens is 3. The Labute approximate surface area is 89.4 Å². The van der Waals surface area contributed by atoms with E-state index in [9.17, 15) is 0 Å². The Morgan fingerprint density at radius 1 is 1.33 bits per heavy atom. The van der Waals surface area contributed by atoms with Crippen molar-refractivity contribution in [1.29, 1.82) is 0 Å². The van der Waals surface area contributed by atoms with Crippen molar-refractivity contribution in [3.05, 3.63) is 15.5 Å². The SMILES string of the molecule is Brc1nnc(Sc2nccs2)s1. The molecule has 62 valence electrons. The predicted molar refractivity (Wildman–Crippen MR) is 53.8 cm³/mol. The third kappa shape index (κ3) is 2.03. The first-order chi connectivity index (χ1) is 5.84. The minimum absolute atomic E-state index is 0.807. The van der Waals surface area contributed by atoms with Gasteiger partial charge in [-0.05, 0) is 27.7 Å². The molecule has 0 radical (unpaired) electrons. The summed E-state index contributed by atoms with van der Waals surface area (Å²) in [7, 11) is 0. The molecule has 0 aliphatic heterocycles. The number of rotatable bonds is 2. The zero-order chi connectivity index (χ0) is 8.39. The van der Waals surface area contributed by atoms with Crippen molar-refractivity contribution >= 4 is 50.4 Å². The second kappa shape index (κ2) is 3.82. The molecule has 0 saturated heterocycles.